The van der Waals surface area contributed by atoms with E-state index in [1.54, 1.807) is 0 Å². The Balaban J connectivity index is 1.74. The topological polar surface area (TPSA) is 56.4 Å². The van der Waals surface area contributed by atoms with Crippen molar-refractivity contribution in [2.45, 2.75) is 26.4 Å². The van der Waals surface area contributed by atoms with E-state index in [9.17, 15) is 22.4 Å². The molecule has 0 radical (unpaired) electrons. The number of carbonyl (C=O) groups is 1. The lowest BCUT2D eigenvalue weighted by atomic mass is 10.1. The summed E-state index contributed by atoms with van der Waals surface area (Å²) in [4.78, 5) is 14.4. The fourth-order valence-electron chi connectivity index (χ4n) is 3.55. The van der Waals surface area contributed by atoms with Crippen molar-refractivity contribution in [2.75, 3.05) is 42.1 Å². The summed E-state index contributed by atoms with van der Waals surface area (Å²) in [5.41, 5.74) is 0.310. The predicted octanol–water partition coefficient (Wildman–Crippen LogP) is 5.39. The Morgan fingerprint density at radius 1 is 1.09 bits per heavy atom. The third kappa shape index (κ3) is 5.59. The van der Waals surface area contributed by atoms with Gasteiger partial charge in [0.05, 0.1) is 11.1 Å². The zero-order valence-electron chi connectivity index (χ0n) is 17.9. The zero-order chi connectivity index (χ0) is 23.3. The molecule has 0 saturated heterocycles. The Labute approximate surface area is 184 Å². The molecular weight excluding hydrogens is 424 g/mol. The number of halogens is 4. The first-order chi connectivity index (χ1) is 15.2. The number of benzene rings is 2. The second-order valence-corrected chi connectivity index (χ2v) is 7.41. The fourth-order valence-corrected chi connectivity index (χ4v) is 3.55. The van der Waals surface area contributed by atoms with Gasteiger partial charge in [-0.15, -0.1) is 0 Å². The highest BCUT2D eigenvalue weighted by atomic mass is 19.4. The number of amides is 1. The molecule has 1 aliphatic heterocycles. The lowest BCUT2D eigenvalue weighted by Gasteiger charge is -2.19. The summed E-state index contributed by atoms with van der Waals surface area (Å²) < 4.78 is 54.4. The maximum Gasteiger partial charge on any atom is 0.418 e. The lowest BCUT2D eigenvalue weighted by Crippen LogP contribution is -2.25. The first-order valence-corrected chi connectivity index (χ1v) is 10.5. The van der Waals surface area contributed by atoms with Crippen LogP contribution >= 0.6 is 0 Å². The van der Waals surface area contributed by atoms with Gasteiger partial charge in [-0.1, -0.05) is 13.8 Å². The average molecular weight is 450 g/mol. The number of fused-ring (bicyclic) bond motifs is 1. The second kappa shape index (κ2) is 10.0. The molecule has 5 nitrogen and oxygen atoms in total. The molecule has 3 N–H and O–H groups in total. The minimum Gasteiger partial charge on any atom is -0.385 e. The maximum absolute atomic E-state index is 13.6. The average Bonchev–Trinajstić information content (AvgIpc) is 3.06. The van der Waals surface area contributed by atoms with Gasteiger partial charge in [0.1, 0.15) is 5.82 Å². The number of anilines is 3. The fraction of sp³-hybridized carbons (Fsp3) is 0.348. The van der Waals surface area contributed by atoms with Crippen LogP contribution < -0.4 is 16.0 Å². The molecule has 0 unspecified atom stereocenters. The quantitative estimate of drug-likeness (QED) is 0.272. The van der Waals surface area contributed by atoms with Crippen LogP contribution in [-0.2, 0) is 11.0 Å². The summed E-state index contributed by atoms with van der Waals surface area (Å²) in [5.74, 6) is -0.970. The normalized spacial score (nSPS) is 14.6. The van der Waals surface area contributed by atoms with Gasteiger partial charge in [-0.25, -0.2) is 4.39 Å². The molecule has 0 aromatic heterocycles. The van der Waals surface area contributed by atoms with E-state index >= 15 is 0 Å². The molecule has 0 spiro atoms. The number of hydrogen-bond donors (Lipinski definition) is 3. The van der Waals surface area contributed by atoms with Gasteiger partial charge in [-0.2, -0.15) is 13.2 Å². The molecule has 9 heteroatoms. The highest BCUT2D eigenvalue weighted by molar-refractivity contribution is 6.31. The Hall–Kier alpha value is -3.07. The van der Waals surface area contributed by atoms with Crippen molar-refractivity contribution in [2.24, 2.45) is 0 Å². The van der Waals surface area contributed by atoms with E-state index < -0.39 is 23.5 Å². The number of hydrogen-bond acceptors (Lipinski definition) is 4. The molecule has 1 aliphatic rings. The van der Waals surface area contributed by atoms with Crippen LogP contribution in [0.3, 0.4) is 0 Å². The standard InChI is InChI=1S/C23H26F4N4O/c1-3-31(4-2)11-5-10-28-21-9-7-16(13-19(21)23(25,26)27)29-14-18-17-12-15(24)6-8-20(17)30-22(18)32/h6-9,12-14,28-29H,3-5,10-11H2,1-2H3,(H,30,32)/b18-14-. The van der Waals surface area contributed by atoms with Crippen LogP contribution in [0.15, 0.2) is 42.6 Å². The summed E-state index contributed by atoms with van der Waals surface area (Å²) in [7, 11) is 0. The lowest BCUT2D eigenvalue weighted by molar-refractivity contribution is -0.136. The molecule has 0 bridgehead atoms. The van der Waals surface area contributed by atoms with E-state index in [2.05, 4.69) is 20.9 Å². The smallest absolute Gasteiger partial charge is 0.385 e. The molecule has 0 fully saturated rings. The summed E-state index contributed by atoms with van der Waals surface area (Å²) in [5, 5.41) is 8.21. The molecule has 0 atom stereocenters. The second-order valence-electron chi connectivity index (χ2n) is 7.41. The summed E-state index contributed by atoms with van der Waals surface area (Å²) in [6.07, 6.45) is -2.55. The van der Waals surface area contributed by atoms with Crippen LogP contribution in [0.1, 0.15) is 31.4 Å². The number of rotatable bonds is 9. The first kappa shape index (κ1) is 23.6. The van der Waals surface area contributed by atoms with Crippen molar-refractivity contribution in [3.8, 4) is 0 Å². The van der Waals surface area contributed by atoms with Gasteiger partial charge in [-0.05, 0) is 62.5 Å². The third-order valence-corrected chi connectivity index (χ3v) is 5.33. The molecule has 0 aliphatic carbocycles. The van der Waals surface area contributed by atoms with E-state index in [1.165, 1.54) is 36.5 Å². The molecule has 1 amide bonds. The molecular formula is C23H26F4N4O. The molecule has 1 heterocycles. The SMILES string of the molecule is CCN(CC)CCCNc1ccc(N/C=C2\C(=O)Nc3ccc(F)cc32)cc1C(F)(F)F. The van der Waals surface area contributed by atoms with Gasteiger partial charge in [0.2, 0.25) is 0 Å². The zero-order valence-corrected chi connectivity index (χ0v) is 17.9. The van der Waals surface area contributed by atoms with Crippen LogP contribution in [0.5, 0.6) is 0 Å². The van der Waals surface area contributed by atoms with Crippen molar-refractivity contribution in [3.63, 3.8) is 0 Å². The number of nitrogens with zero attached hydrogens (tertiary/aromatic N) is 1. The molecule has 2 aromatic rings. The summed E-state index contributed by atoms with van der Waals surface area (Å²) in [6, 6.07) is 7.71. The van der Waals surface area contributed by atoms with Crippen LogP contribution in [0, 0.1) is 5.82 Å². The molecule has 32 heavy (non-hydrogen) atoms. The van der Waals surface area contributed by atoms with Gasteiger partial charge in [0.25, 0.3) is 5.91 Å². The van der Waals surface area contributed by atoms with Gasteiger partial charge in [-0.3, -0.25) is 4.79 Å². The van der Waals surface area contributed by atoms with E-state index in [4.69, 9.17) is 0 Å². The van der Waals surface area contributed by atoms with E-state index in [-0.39, 0.29) is 16.9 Å². The van der Waals surface area contributed by atoms with Crippen LogP contribution in [0.4, 0.5) is 34.6 Å². The molecule has 0 saturated carbocycles. The van der Waals surface area contributed by atoms with Crippen LogP contribution in [-0.4, -0.2) is 37.0 Å². The van der Waals surface area contributed by atoms with E-state index in [1.807, 2.05) is 13.8 Å². The minimum atomic E-state index is -4.55. The largest absolute Gasteiger partial charge is 0.418 e. The van der Waals surface area contributed by atoms with E-state index in [0.29, 0.717) is 17.8 Å². The Bertz CT molecular complexity index is 1000. The van der Waals surface area contributed by atoms with Crippen LogP contribution in [0.25, 0.3) is 5.57 Å². The number of alkyl halides is 3. The third-order valence-electron chi connectivity index (χ3n) is 5.33. The van der Waals surface area contributed by atoms with E-state index in [0.717, 1.165) is 32.1 Å². The monoisotopic (exact) mass is 450 g/mol. The van der Waals surface area contributed by atoms with Crippen molar-refractivity contribution in [1.82, 2.24) is 4.90 Å². The highest BCUT2D eigenvalue weighted by Crippen LogP contribution is 2.37. The van der Waals surface area contributed by atoms with Crippen molar-refractivity contribution in [1.29, 1.82) is 0 Å². The van der Waals surface area contributed by atoms with Gasteiger partial charge >= 0.3 is 6.18 Å². The maximum atomic E-state index is 13.6. The Morgan fingerprint density at radius 2 is 1.84 bits per heavy atom. The van der Waals surface area contributed by atoms with Crippen molar-refractivity contribution < 1.29 is 22.4 Å². The molecule has 172 valence electrons. The van der Waals surface area contributed by atoms with Gasteiger partial charge < -0.3 is 20.9 Å². The Kier molecular flexibility index (Phi) is 7.40. The summed E-state index contributed by atoms with van der Waals surface area (Å²) in [6.45, 7) is 7.11. The number of carbonyl (C=O) groups excluding carboxylic acids is 1. The minimum absolute atomic E-state index is 0.00118. The Morgan fingerprint density at radius 3 is 2.53 bits per heavy atom. The predicted molar refractivity (Wildman–Crippen MR) is 119 cm³/mol. The first-order valence-electron chi connectivity index (χ1n) is 10.5. The van der Waals surface area contributed by atoms with Crippen molar-refractivity contribution in [3.05, 3.63) is 59.5 Å². The molecule has 2 aromatic carbocycles. The van der Waals surface area contributed by atoms with Gasteiger partial charge in [0, 0.05) is 35.4 Å². The van der Waals surface area contributed by atoms with Crippen LogP contribution in [0.2, 0.25) is 0 Å². The van der Waals surface area contributed by atoms with Gasteiger partial charge in [0.15, 0.2) is 0 Å². The highest BCUT2D eigenvalue weighted by Gasteiger charge is 2.34. The van der Waals surface area contributed by atoms with Crippen molar-refractivity contribution >= 4 is 28.5 Å². The number of nitrogens with one attached hydrogen (secondary N) is 3. The molecule has 3 rings (SSSR count). The summed E-state index contributed by atoms with van der Waals surface area (Å²) >= 11 is 0.